The van der Waals surface area contributed by atoms with Crippen LogP contribution in [0.15, 0.2) is 30.5 Å². The average Bonchev–Trinajstić information content (AvgIpc) is 2.27. The third-order valence-corrected chi connectivity index (χ3v) is 2.21. The van der Waals surface area contributed by atoms with Crippen molar-refractivity contribution in [1.82, 2.24) is 9.97 Å². The van der Waals surface area contributed by atoms with Crippen molar-refractivity contribution in [2.75, 3.05) is 5.32 Å². The van der Waals surface area contributed by atoms with Gasteiger partial charge in [-0.15, -0.1) is 0 Å². The summed E-state index contributed by atoms with van der Waals surface area (Å²) in [6.45, 7) is 0. The lowest BCUT2D eigenvalue weighted by Crippen LogP contribution is -2.13. The van der Waals surface area contributed by atoms with E-state index in [1.807, 2.05) is 0 Å². The van der Waals surface area contributed by atoms with Gasteiger partial charge >= 0.3 is 0 Å². The van der Waals surface area contributed by atoms with Crippen LogP contribution in [0.5, 0.6) is 11.5 Å². The van der Waals surface area contributed by atoms with Gasteiger partial charge in [0.25, 0.3) is 5.91 Å². The third-order valence-electron chi connectivity index (χ3n) is 2.03. The molecular formula is C11H8ClN3O3. The molecular weight excluding hydrogens is 258 g/mol. The highest BCUT2D eigenvalue weighted by Crippen LogP contribution is 2.21. The normalized spacial score (nSPS) is 10.1. The number of phenolic OH excluding ortho intramolecular Hbond substituents is 2. The Morgan fingerprint density at radius 1 is 1.22 bits per heavy atom. The Bertz CT molecular complexity index is 584. The number of benzene rings is 1. The molecule has 1 aromatic carbocycles. The maximum Gasteiger partial charge on any atom is 0.257 e. The van der Waals surface area contributed by atoms with Crippen LogP contribution in [-0.4, -0.2) is 26.1 Å². The van der Waals surface area contributed by atoms with Gasteiger partial charge in [-0.2, -0.15) is 0 Å². The molecule has 0 spiro atoms. The second-order valence-corrected chi connectivity index (χ2v) is 3.74. The van der Waals surface area contributed by atoms with E-state index in [1.54, 1.807) is 0 Å². The quantitative estimate of drug-likeness (QED) is 0.720. The van der Waals surface area contributed by atoms with Crippen LogP contribution in [0, 0.1) is 0 Å². The number of amides is 1. The topological polar surface area (TPSA) is 95.3 Å². The van der Waals surface area contributed by atoms with Crippen molar-refractivity contribution in [1.29, 1.82) is 0 Å². The maximum atomic E-state index is 11.8. The van der Waals surface area contributed by atoms with E-state index in [0.717, 1.165) is 6.07 Å². The Hall–Kier alpha value is -2.34. The Kier molecular flexibility index (Phi) is 3.29. The number of nitrogens with one attached hydrogen (secondary N) is 1. The number of halogens is 1. The number of anilines is 1. The number of hydrogen-bond acceptors (Lipinski definition) is 5. The Morgan fingerprint density at radius 3 is 2.50 bits per heavy atom. The first kappa shape index (κ1) is 12.1. The average molecular weight is 266 g/mol. The number of nitrogens with zero attached hydrogens (tertiary/aromatic N) is 2. The van der Waals surface area contributed by atoms with Crippen molar-refractivity contribution in [3.8, 4) is 11.5 Å². The molecule has 1 aromatic heterocycles. The second kappa shape index (κ2) is 4.89. The summed E-state index contributed by atoms with van der Waals surface area (Å²) < 4.78 is 0. The van der Waals surface area contributed by atoms with Crippen molar-refractivity contribution in [2.24, 2.45) is 0 Å². The molecule has 7 heteroatoms. The van der Waals surface area contributed by atoms with Crippen molar-refractivity contribution >= 4 is 23.3 Å². The fourth-order valence-corrected chi connectivity index (χ4v) is 1.47. The molecule has 0 saturated carbocycles. The molecule has 2 rings (SSSR count). The van der Waals surface area contributed by atoms with Gasteiger partial charge in [-0.1, -0.05) is 0 Å². The van der Waals surface area contributed by atoms with Gasteiger partial charge in [0.15, 0.2) is 0 Å². The number of carbonyl (C=O) groups is 1. The van der Waals surface area contributed by atoms with Gasteiger partial charge in [0.05, 0.1) is 0 Å². The molecule has 92 valence electrons. The molecule has 0 aliphatic rings. The van der Waals surface area contributed by atoms with Gasteiger partial charge < -0.3 is 15.5 Å². The van der Waals surface area contributed by atoms with Gasteiger partial charge in [0.1, 0.15) is 17.3 Å². The molecule has 18 heavy (non-hydrogen) atoms. The molecule has 3 N–H and O–H groups in total. The monoisotopic (exact) mass is 265 g/mol. The molecule has 0 atom stereocenters. The number of hydrogen-bond donors (Lipinski definition) is 3. The predicted octanol–water partition coefficient (Wildman–Crippen LogP) is 1.79. The lowest BCUT2D eigenvalue weighted by molar-refractivity contribution is 0.102. The van der Waals surface area contributed by atoms with Gasteiger partial charge in [0.2, 0.25) is 5.28 Å². The summed E-state index contributed by atoms with van der Waals surface area (Å²) in [5, 5.41) is 21.0. The largest absolute Gasteiger partial charge is 0.508 e. The van der Waals surface area contributed by atoms with Crippen LogP contribution in [0.4, 0.5) is 5.82 Å². The van der Waals surface area contributed by atoms with Gasteiger partial charge in [-0.3, -0.25) is 4.79 Å². The minimum atomic E-state index is -0.532. The van der Waals surface area contributed by atoms with Crippen LogP contribution < -0.4 is 5.32 Å². The third kappa shape index (κ3) is 2.86. The summed E-state index contributed by atoms with van der Waals surface area (Å²) in [4.78, 5) is 19.2. The van der Waals surface area contributed by atoms with Crippen LogP contribution in [0.25, 0.3) is 0 Å². The molecule has 0 aliphatic heterocycles. The minimum Gasteiger partial charge on any atom is -0.508 e. The summed E-state index contributed by atoms with van der Waals surface area (Å²) in [6.07, 6.45) is 1.39. The highest BCUT2D eigenvalue weighted by atomic mass is 35.5. The number of aromatic hydroxyl groups is 2. The Labute approximate surface area is 107 Å². The van der Waals surface area contributed by atoms with Gasteiger partial charge in [0, 0.05) is 17.8 Å². The Balaban J connectivity index is 2.22. The fourth-order valence-electron chi connectivity index (χ4n) is 1.32. The first-order chi connectivity index (χ1) is 8.54. The van der Waals surface area contributed by atoms with Crippen molar-refractivity contribution < 1.29 is 15.0 Å². The first-order valence-corrected chi connectivity index (χ1v) is 5.25. The first-order valence-electron chi connectivity index (χ1n) is 4.87. The van der Waals surface area contributed by atoms with Crippen LogP contribution in [0.3, 0.4) is 0 Å². The molecule has 0 bridgehead atoms. The molecule has 0 saturated heterocycles. The fraction of sp³-hybridized carbons (Fsp3) is 0. The van der Waals surface area contributed by atoms with Crippen LogP contribution in [0.2, 0.25) is 5.28 Å². The highest BCUT2D eigenvalue weighted by molar-refractivity contribution is 6.28. The summed E-state index contributed by atoms with van der Waals surface area (Å²) in [5.74, 6) is -0.722. The second-order valence-electron chi connectivity index (χ2n) is 3.40. The van der Waals surface area contributed by atoms with Crippen LogP contribution in [-0.2, 0) is 0 Å². The molecule has 1 amide bonds. The van der Waals surface area contributed by atoms with E-state index in [1.165, 1.54) is 24.4 Å². The smallest absolute Gasteiger partial charge is 0.257 e. The lowest BCUT2D eigenvalue weighted by atomic mass is 10.2. The highest BCUT2D eigenvalue weighted by Gasteiger charge is 2.09. The van der Waals surface area contributed by atoms with Crippen LogP contribution in [0.1, 0.15) is 10.4 Å². The van der Waals surface area contributed by atoms with Crippen molar-refractivity contribution in [3.05, 3.63) is 41.3 Å². The number of phenols is 2. The van der Waals surface area contributed by atoms with Gasteiger partial charge in [-0.05, 0) is 29.8 Å². The number of aromatic nitrogens is 2. The SMILES string of the molecule is O=C(Nc1ccnc(Cl)n1)c1cc(O)cc(O)c1. The van der Waals surface area contributed by atoms with Gasteiger partial charge in [-0.25, -0.2) is 9.97 Å². The summed E-state index contributed by atoms with van der Waals surface area (Å²) in [6, 6.07) is 5.03. The summed E-state index contributed by atoms with van der Waals surface area (Å²) in [7, 11) is 0. The lowest BCUT2D eigenvalue weighted by Gasteiger charge is -2.05. The predicted molar refractivity (Wildman–Crippen MR) is 64.8 cm³/mol. The molecule has 0 aliphatic carbocycles. The minimum absolute atomic E-state index is 0.00607. The maximum absolute atomic E-state index is 11.8. The summed E-state index contributed by atoms with van der Waals surface area (Å²) >= 11 is 5.57. The van der Waals surface area contributed by atoms with E-state index in [2.05, 4.69) is 15.3 Å². The molecule has 0 unspecified atom stereocenters. The standard InChI is InChI=1S/C11H8ClN3O3/c12-11-13-2-1-9(15-11)14-10(18)6-3-7(16)5-8(17)4-6/h1-5,16-17H,(H,13,14,15,18). The van der Waals surface area contributed by atoms with E-state index in [-0.39, 0.29) is 28.2 Å². The molecule has 0 fully saturated rings. The van der Waals surface area contributed by atoms with E-state index in [9.17, 15) is 15.0 Å². The van der Waals surface area contributed by atoms with E-state index < -0.39 is 5.91 Å². The number of rotatable bonds is 2. The Morgan fingerprint density at radius 2 is 1.89 bits per heavy atom. The zero-order valence-electron chi connectivity index (χ0n) is 8.96. The zero-order valence-corrected chi connectivity index (χ0v) is 9.72. The van der Waals surface area contributed by atoms with Crippen LogP contribution >= 0.6 is 11.6 Å². The number of carbonyl (C=O) groups excluding carboxylic acids is 1. The van der Waals surface area contributed by atoms with Crippen molar-refractivity contribution in [2.45, 2.75) is 0 Å². The zero-order chi connectivity index (χ0) is 13.1. The van der Waals surface area contributed by atoms with E-state index in [4.69, 9.17) is 11.6 Å². The van der Waals surface area contributed by atoms with E-state index >= 15 is 0 Å². The van der Waals surface area contributed by atoms with E-state index in [0.29, 0.717) is 0 Å². The summed E-state index contributed by atoms with van der Waals surface area (Å²) in [5.41, 5.74) is 0.0993. The molecule has 2 aromatic rings. The molecule has 0 radical (unpaired) electrons. The van der Waals surface area contributed by atoms with Crippen molar-refractivity contribution in [3.63, 3.8) is 0 Å². The molecule has 6 nitrogen and oxygen atoms in total. The molecule has 1 heterocycles.